The van der Waals surface area contributed by atoms with Gasteiger partial charge in [-0.1, -0.05) is 55.9 Å². The van der Waals surface area contributed by atoms with Crippen molar-refractivity contribution in [3.8, 4) is 0 Å². The van der Waals surface area contributed by atoms with Crippen molar-refractivity contribution in [1.82, 2.24) is 10.6 Å². The summed E-state index contributed by atoms with van der Waals surface area (Å²) in [4.78, 5) is 48.5. The van der Waals surface area contributed by atoms with Crippen LogP contribution in [0, 0.1) is 11.3 Å². The van der Waals surface area contributed by atoms with Gasteiger partial charge in [0.2, 0.25) is 5.91 Å². The Morgan fingerprint density at radius 2 is 1.82 bits per heavy atom. The number of aliphatic carboxylic acids is 1. The van der Waals surface area contributed by atoms with E-state index in [9.17, 15) is 24.3 Å². The van der Waals surface area contributed by atoms with Gasteiger partial charge in [0.05, 0.1) is 12.5 Å². The molecule has 1 aliphatic heterocycles. The van der Waals surface area contributed by atoms with Crippen molar-refractivity contribution in [3.05, 3.63) is 35.9 Å². The molecule has 1 unspecified atom stereocenters. The third-order valence-electron chi connectivity index (χ3n) is 6.22. The first-order valence-corrected chi connectivity index (χ1v) is 14.0. The number of carboxylic acid groups (broad SMARTS) is 1. The van der Waals surface area contributed by atoms with E-state index in [0.717, 1.165) is 17.3 Å². The summed E-state index contributed by atoms with van der Waals surface area (Å²) in [6, 6.07) is 8.51. The van der Waals surface area contributed by atoms with E-state index in [4.69, 9.17) is 19.9 Å². The number of thioether (sulfide) groups is 1. The molecule has 218 valence electrons. The first-order valence-electron chi connectivity index (χ1n) is 13.0. The molecule has 12 heteroatoms. The lowest BCUT2D eigenvalue weighted by atomic mass is 9.85. The Morgan fingerprint density at radius 1 is 1.13 bits per heavy atom. The zero-order chi connectivity index (χ0) is 29.1. The number of hydrogen-bond acceptors (Lipinski definition) is 9. The van der Waals surface area contributed by atoms with Crippen LogP contribution in [0.4, 0.5) is 4.79 Å². The third kappa shape index (κ3) is 11.5. The molecular formula is C27H41N3O8S. The van der Waals surface area contributed by atoms with E-state index < -0.39 is 41.3 Å². The maximum absolute atomic E-state index is 12.7. The highest BCUT2D eigenvalue weighted by molar-refractivity contribution is 8.13. The second-order valence-electron chi connectivity index (χ2n) is 10.6. The molecule has 0 aromatic heterocycles. The molecule has 1 aromatic carbocycles. The molecule has 1 saturated heterocycles. The van der Waals surface area contributed by atoms with Crippen LogP contribution in [0.5, 0.6) is 0 Å². The number of hydrogen-bond donors (Lipinski definition) is 4. The van der Waals surface area contributed by atoms with Crippen LogP contribution < -0.4 is 16.4 Å². The average Bonchev–Trinajstić information content (AvgIpc) is 2.87. The molecule has 0 saturated carbocycles. The van der Waals surface area contributed by atoms with Crippen LogP contribution in [0.1, 0.15) is 52.5 Å². The molecule has 11 nitrogen and oxygen atoms in total. The van der Waals surface area contributed by atoms with Crippen LogP contribution in [-0.4, -0.2) is 71.6 Å². The number of carbonyl (C=O) groups excluding carboxylic acids is 3. The molecule has 0 radical (unpaired) electrons. The van der Waals surface area contributed by atoms with Crippen LogP contribution in [0.25, 0.3) is 0 Å². The van der Waals surface area contributed by atoms with Gasteiger partial charge in [0, 0.05) is 36.7 Å². The maximum atomic E-state index is 12.7. The number of carbonyl (C=O) groups is 4. The molecule has 0 spiro atoms. The second-order valence-corrected chi connectivity index (χ2v) is 11.7. The summed E-state index contributed by atoms with van der Waals surface area (Å²) in [5, 5.41) is 14.8. The lowest BCUT2D eigenvalue weighted by Gasteiger charge is -2.44. The van der Waals surface area contributed by atoms with Crippen LogP contribution in [-0.2, 0) is 35.2 Å². The van der Waals surface area contributed by atoms with Crippen LogP contribution in [0.15, 0.2) is 30.3 Å². The Hall–Kier alpha value is -2.67. The fourth-order valence-electron chi connectivity index (χ4n) is 3.81. The maximum Gasteiger partial charge on any atom is 0.407 e. The van der Waals surface area contributed by atoms with E-state index in [1.165, 1.54) is 0 Å². The quantitative estimate of drug-likeness (QED) is 0.245. The van der Waals surface area contributed by atoms with Crippen molar-refractivity contribution in [2.45, 2.75) is 71.5 Å². The number of amides is 2. The third-order valence-corrected chi connectivity index (χ3v) is 7.27. The van der Waals surface area contributed by atoms with E-state index in [2.05, 4.69) is 10.6 Å². The van der Waals surface area contributed by atoms with Crippen LogP contribution in [0.3, 0.4) is 0 Å². The highest BCUT2D eigenvalue weighted by Gasteiger charge is 2.45. The van der Waals surface area contributed by atoms with Gasteiger partial charge in [0.25, 0.3) is 0 Å². The van der Waals surface area contributed by atoms with Crippen molar-refractivity contribution >= 4 is 34.8 Å². The minimum absolute atomic E-state index is 0.0140. The number of rotatable bonds is 14. The summed E-state index contributed by atoms with van der Waals surface area (Å²) >= 11 is 0.905. The van der Waals surface area contributed by atoms with Gasteiger partial charge in [-0.05, 0) is 32.3 Å². The molecule has 5 N–H and O–H groups in total. The predicted octanol–water partition coefficient (Wildman–Crippen LogP) is 2.66. The lowest BCUT2D eigenvalue weighted by Crippen LogP contribution is -2.56. The first-order chi connectivity index (χ1) is 18.3. The van der Waals surface area contributed by atoms with Gasteiger partial charge in [0.15, 0.2) is 10.9 Å². The summed E-state index contributed by atoms with van der Waals surface area (Å²) in [6.07, 6.45) is -0.513. The highest BCUT2D eigenvalue weighted by atomic mass is 32.2. The molecule has 1 heterocycles. The molecule has 39 heavy (non-hydrogen) atoms. The molecule has 2 rings (SSSR count). The SMILES string of the molecule is CC1(C)OCC(C)(C)[C@H](C(=O)NCCC(N)[C@@H](CSC(=O)CCCNC(=O)OCc2ccccc2)C(=O)O)O1. The number of nitrogens with one attached hydrogen (secondary N) is 2. The van der Waals surface area contributed by atoms with E-state index in [1.807, 2.05) is 44.2 Å². The minimum atomic E-state index is -1.10. The van der Waals surface area contributed by atoms with Gasteiger partial charge >= 0.3 is 12.1 Å². The van der Waals surface area contributed by atoms with Crippen LogP contribution >= 0.6 is 11.8 Å². The number of carboxylic acids is 1. The summed E-state index contributed by atoms with van der Waals surface area (Å²) < 4.78 is 16.6. The number of alkyl carbamates (subject to hydrolysis) is 1. The van der Waals surface area contributed by atoms with Gasteiger partial charge in [0.1, 0.15) is 12.7 Å². The lowest BCUT2D eigenvalue weighted by molar-refractivity contribution is -0.304. The van der Waals surface area contributed by atoms with Gasteiger partial charge in [-0.2, -0.15) is 0 Å². The van der Waals surface area contributed by atoms with Gasteiger partial charge in [-0.25, -0.2) is 4.79 Å². The fourth-order valence-corrected chi connectivity index (χ4v) is 4.85. The largest absolute Gasteiger partial charge is 0.481 e. The zero-order valence-corrected chi connectivity index (χ0v) is 23.9. The van der Waals surface area contributed by atoms with Gasteiger partial charge in [-0.3, -0.25) is 14.4 Å². The number of benzene rings is 1. The van der Waals surface area contributed by atoms with E-state index >= 15 is 0 Å². The normalized spacial score (nSPS) is 19.4. The minimum Gasteiger partial charge on any atom is -0.481 e. The first kappa shape index (κ1) is 32.5. The van der Waals surface area contributed by atoms with E-state index in [1.54, 1.807) is 13.8 Å². The average molecular weight is 568 g/mol. The summed E-state index contributed by atoms with van der Waals surface area (Å²) in [5.74, 6) is -3.24. The van der Waals surface area contributed by atoms with Crippen molar-refractivity contribution in [2.75, 3.05) is 25.4 Å². The molecular weight excluding hydrogens is 526 g/mol. The molecule has 1 aliphatic rings. The predicted molar refractivity (Wildman–Crippen MR) is 147 cm³/mol. The Bertz CT molecular complexity index is 973. The Balaban J connectivity index is 1.66. The summed E-state index contributed by atoms with van der Waals surface area (Å²) in [6.45, 7) is 8.18. The highest BCUT2D eigenvalue weighted by Crippen LogP contribution is 2.34. The fraction of sp³-hybridized carbons (Fsp3) is 0.630. The van der Waals surface area contributed by atoms with E-state index in [-0.39, 0.29) is 49.3 Å². The van der Waals surface area contributed by atoms with Gasteiger partial charge in [-0.15, -0.1) is 0 Å². The molecule has 0 aliphatic carbocycles. The van der Waals surface area contributed by atoms with Crippen molar-refractivity contribution < 1.29 is 38.5 Å². The molecule has 2 amide bonds. The monoisotopic (exact) mass is 567 g/mol. The smallest absolute Gasteiger partial charge is 0.407 e. The Morgan fingerprint density at radius 3 is 2.49 bits per heavy atom. The van der Waals surface area contributed by atoms with Gasteiger partial charge < -0.3 is 35.7 Å². The van der Waals surface area contributed by atoms with Crippen molar-refractivity contribution in [2.24, 2.45) is 17.1 Å². The molecule has 0 bridgehead atoms. The summed E-state index contributed by atoms with van der Waals surface area (Å²) in [7, 11) is 0. The standard InChI is InChI=1S/C27H41N3O8S/c1-26(2)17-37-27(3,4)38-22(26)23(32)29-14-12-20(28)19(24(33)34)16-39-21(31)11-8-13-30-25(35)36-15-18-9-6-5-7-10-18/h5-7,9-10,19-20,22H,8,11-17,28H2,1-4H3,(H,29,32)(H,30,35)(H,33,34)/t19-,20?,22+/m1/s1. The zero-order valence-electron chi connectivity index (χ0n) is 23.1. The Labute approximate surface area is 233 Å². The molecule has 1 aromatic rings. The second kappa shape index (κ2) is 15.2. The van der Waals surface area contributed by atoms with Crippen molar-refractivity contribution in [3.63, 3.8) is 0 Å². The summed E-state index contributed by atoms with van der Waals surface area (Å²) in [5.41, 5.74) is 6.46. The molecule has 3 atom stereocenters. The van der Waals surface area contributed by atoms with Crippen molar-refractivity contribution in [1.29, 1.82) is 0 Å². The number of nitrogens with two attached hydrogens (primary N) is 1. The molecule has 1 fully saturated rings. The topological polar surface area (TPSA) is 166 Å². The Kier molecular flexibility index (Phi) is 12.7. The number of ether oxygens (including phenoxy) is 3. The van der Waals surface area contributed by atoms with E-state index in [0.29, 0.717) is 13.0 Å². The van der Waals surface area contributed by atoms with Crippen LogP contribution in [0.2, 0.25) is 0 Å².